The molecule has 0 aliphatic carbocycles. The number of anilines is 2. The summed E-state index contributed by atoms with van der Waals surface area (Å²) in [5, 5.41) is 8.87. The molecule has 0 aliphatic rings. The molecule has 0 radical (unpaired) electrons. The zero-order valence-corrected chi connectivity index (χ0v) is 21.2. The maximum Gasteiger partial charge on any atom is 0.313 e. The van der Waals surface area contributed by atoms with Gasteiger partial charge in [-0.2, -0.15) is 0 Å². The average molecular weight is 479 g/mol. The number of methoxy groups -OCH3 is 1. The van der Waals surface area contributed by atoms with Crippen LogP contribution in [0.2, 0.25) is 0 Å². The molecule has 0 saturated heterocycles. The number of nitrogens with one attached hydrogen (secondary N) is 3. The number of amides is 2. The lowest BCUT2D eigenvalue weighted by Gasteiger charge is -2.26. The molecular weight excluding hydrogens is 444 g/mol. The number of carbonyl (C=O) groups excluding carboxylic acids is 2. The van der Waals surface area contributed by atoms with Crippen molar-refractivity contribution < 1.29 is 18.7 Å². The maximum atomic E-state index is 12.6. The minimum atomic E-state index is -0.755. The zero-order chi connectivity index (χ0) is 25.6. The first kappa shape index (κ1) is 25.8. The van der Waals surface area contributed by atoms with Crippen LogP contribution in [-0.4, -0.2) is 36.0 Å². The molecular formula is C27H34N4O4. The van der Waals surface area contributed by atoms with Crippen molar-refractivity contribution in [1.82, 2.24) is 10.3 Å². The Bertz CT molecular complexity index is 1150. The van der Waals surface area contributed by atoms with Crippen LogP contribution < -0.4 is 20.7 Å². The van der Waals surface area contributed by atoms with Gasteiger partial charge in [0.1, 0.15) is 5.75 Å². The van der Waals surface area contributed by atoms with Crippen LogP contribution in [0, 0.1) is 5.41 Å². The fraction of sp³-hybridized carbons (Fsp3) is 0.370. The normalized spacial score (nSPS) is 11.6. The van der Waals surface area contributed by atoms with E-state index < -0.39 is 17.4 Å². The molecule has 3 rings (SSSR count). The summed E-state index contributed by atoms with van der Waals surface area (Å²) in [5.74, 6) is -0.441. The fourth-order valence-corrected chi connectivity index (χ4v) is 3.54. The van der Waals surface area contributed by atoms with Gasteiger partial charge in [0.25, 0.3) is 0 Å². The largest absolute Gasteiger partial charge is 0.496 e. The van der Waals surface area contributed by atoms with Crippen molar-refractivity contribution in [1.29, 1.82) is 0 Å². The topological polar surface area (TPSA) is 105 Å². The Balaban J connectivity index is 1.58. The van der Waals surface area contributed by atoms with E-state index in [1.807, 2.05) is 38.1 Å². The van der Waals surface area contributed by atoms with Gasteiger partial charge in [0.15, 0.2) is 12.2 Å². The lowest BCUT2D eigenvalue weighted by Crippen LogP contribution is -2.49. The van der Waals surface area contributed by atoms with Crippen molar-refractivity contribution in [2.24, 2.45) is 5.41 Å². The fourth-order valence-electron chi connectivity index (χ4n) is 3.54. The molecule has 186 valence electrons. The van der Waals surface area contributed by atoms with Gasteiger partial charge in [0.05, 0.1) is 18.9 Å². The molecule has 1 heterocycles. The number of hydrogen-bond acceptors (Lipinski definition) is 6. The average Bonchev–Trinajstić information content (AvgIpc) is 3.32. The summed E-state index contributed by atoms with van der Waals surface area (Å²) in [6.07, 6.45) is 3.47. The van der Waals surface area contributed by atoms with Crippen molar-refractivity contribution in [2.75, 3.05) is 24.3 Å². The summed E-state index contributed by atoms with van der Waals surface area (Å²) < 4.78 is 10.7. The molecule has 0 bridgehead atoms. The molecule has 0 saturated carbocycles. The number of hydrogen-bond donors (Lipinski definition) is 3. The van der Waals surface area contributed by atoms with Crippen LogP contribution in [0.15, 0.2) is 59.5 Å². The summed E-state index contributed by atoms with van der Waals surface area (Å²) in [5.41, 5.74) is 2.80. The number of ether oxygens (including phenoxy) is 1. The number of nitrogens with zero attached hydrogens (tertiary/aromatic N) is 1. The van der Waals surface area contributed by atoms with Gasteiger partial charge in [-0.05, 0) is 55.5 Å². The van der Waals surface area contributed by atoms with Crippen LogP contribution in [0.4, 0.5) is 11.4 Å². The predicted molar refractivity (Wildman–Crippen MR) is 137 cm³/mol. The van der Waals surface area contributed by atoms with Gasteiger partial charge in [-0.3, -0.25) is 9.59 Å². The monoisotopic (exact) mass is 478 g/mol. The number of benzene rings is 2. The molecule has 0 aliphatic heterocycles. The first-order chi connectivity index (χ1) is 16.5. The van der Waals surface area contributed by atoms with E-state index in [-0.39, 0.29) is 5.41 Å². The van der Waals surface area contributed by atoms with Gasteiger partial charge in [-0.15, -0.1) is 0 Å². The molecule has 0 atom stereocenters. The van der Waals surface area contributed by atoms with E-state index in [0.29, 0.717) is 29.2 Å². The Kier molecular flexibility index (Phi) is 7.84. The third kappa shape index (κ3) is 7.60. The first-order valence-electron chi connectivity index (χ1n) is 11.5. The second-order valence-corrected chi connectivity index (χ2v) is 10.4. The number of oxazole rings is 1. The minimum absolute atomic E-state index is 0.190. The highest BCUT2D eigenvalue weighted by Gasteiger charge is 2.25. The van der Waals surface area contributed by atoms with Gasteiger partial charge in [-0.25, -0.2) is 4.98 Å². The Morgan fingerprint density at radius 2 is 1.66 bits per heavy atom. The second-order valence-electron chi connectivity index (χ2n) is 10.4. The van der Waals surface area contributed by atoms with Crippen LogP contribution in [0.5, 0.6) is 5.75 Å². The Morgan fingerprint density at radius 3 is 2.26 bits per heavy atom. The van der Waals surface area contributed by atoms with Crippen molar-refractivity contribution in [3.63, 3.8) is 0 Å². The van der Waals surface area contributed by atoms with E-state index in [0.717, 1.165) is 17.8 Å². The Hall–Kier alpha value is -3.81. The highest BCUT2D eigenvalue weighted by atomic mass is 16.5. The van der Waals surface area contributed by atoms with E-state index >= 15 is 0 Å². The van der Waals surface area contributed by atoms with Crippen molar-refractivity contribution >= 4 is 23.2 Å². The predicted octanol–water partition coefficient (Wildman–Crippen LogP) is 4.88. The molecule has 3 aromatic rings. The smallest absolute Gasteiger partial charge is 0.313 e. The van der Waals surface area contributed by atoms with E-state index in [4.69, 9.17) is 9.15 Å². The summed E-state index contributed by atoms with van der Waals surface area (Å²) >= 11 is 0. The lowest BCUT2D eigenvalue weighted by molar-refractivity contribution is -0.137. The molecule has 1 aromatic heterocycles. The number of carbonyl (C=O) groups is 2. The van der Waals surface area contributed by atoms with Gasteiger partial charge >= 0.3 is 11.8 Å². The third-order valence-corrected chi connectivity index (χ3v) is 5.24. The van der Waals surface area contributed by atoms with Crippen LogP contribution in [0.25, 0.3) is 11.3 Å². The van der Waals surface area contributed by atoms with Gasteiger partial charge in [0.2, 0.25) is 0 Å². The van der Waals surface area contributed by atoms with Crippen LogP contribution in [-0.2, 0) is 16.0 Å². The van der Waals surface area contributed by atoms with Gasteiger partial charge < -0.3 is 25.1 Å². The molecule has 8 heteroatoms. The maximum absolute atomic E-state index is 12.6. The molecule has 0 spiro atoms. The summed E-state index contributed by atoms with van der Waals surface area (Å²) in [4.78, 5) is 29.1. The SMILES string of the molecule is COc1cc(NC(=O)C(=O)NC(C)(C)Cc2ccc(NCC(C)(C)C)cc2)ccc1-c1cnco1. The quantitative estimate of drug-likeness (QED) is 0.398. The zero-order valence-electron chi connectivity index (χ0n) is 21.2. The molecule has 2 aromatic carbocycles. The van der Waals surface area contributed by atoms with Crippen molar-refractivity contribution in [2.45, 2.75) is 46.6 Å². The van der Waals surface area contributed by atoms with Crippen LogP contribution >= 0.6 is 0 Å². The number of rotatable bonds is 8. The number of aromatic nitrogens is 1. The lowest BCUT2D eigenvalue weighted by atomic mass is 9.94. The van der Waals surface area contributed by atoms with Gasteiger partial charge in [-0.1, -0.05) is 32.9 Å². The summed E-state index contributed by atoms with van der Waals surface area (Å²) in [6, 6.07) is 13.2. The molecule has 3 N–H and O–H groups in total. The second kappa shape index (κ2) is 10.6. The Labute approximate surface area is 206 Å². The standard InChI is InChI=1S/C27H34N4O4/c1-26(2,3)16-29-19-9-7-18(8-10-19)14-27(4,5)31-25(33)24(32)30-20-11-12-21(22(13-20)34-6)23-15-28-17-35-23/h7-13,15,17,29H,14,16H2,1-6H3,(H,30,32)(H,31,33). The molecule has 0 fully saturated rings. The van der Waals surface area contributed by atoms with E-state index in [1.54, 1.807) is 24.4 Å². The highest BCUT2D eigenvalue weighted by Crippen LogP contribution is 2.32. The van der Waals surface area contributed by atoms with Crippen molar-refractivity contribution in [3.8, 4) is 17.1 Å². The molecule has 2 amide bonds. The van der Waals surface area contributed by atoms with Crippen molar-refractivity contribution in [3.05, 3.63) is 60.6 Å². The van der Waals surface area contributed by atoms with Crippen LogP contribution in [0.3, 0.4) is 0 Å². The van der Waals surface area contributed by atoms with Crippen LogP contribution in [0.1, 0.15) is 40.2 Å². The Morgan fingerprint density at radius 1 is 0.971 bits per heavy atom. The highest BCUT2D eigenvalue weighted by molar-refractivity contribution is 6.39. The summed E-state index contributed by atoms with van der Waals surface area (Å²) in [6.45, 7) is 11.2. The molecule has 8 nitrogen and oxygen atoms in total. The first-order valence-corrected chi connectivity index (χ1v) is 11.5. The van der Waals surface area contributed by atoms with Gasteiger partial charge in [0, 0.05) is 29.5 Å². The van der Waals surface area contributed by atoms with E-state index in [2.05, 4.69) is 41.7 Å². The van der Waals surface area contributed by atoms with E-state index in [9.17, 15) is 9.59 Å². The minimum Gasteiger partial charge on any atom is -0.496 e. The van der Waals surface area contributed by atoms with E-state index in [1.165, 1.54) is 13.5 Å². The summed E-state index contributed by atoms with van der Waals surface area (Å²) in [7, 11) is 1.52. The molecule has 0 unspecified atom stereocenters. The third-order valence-electron chi connectivity index (χ3n) is 5.24. The molecule has 35 heavy (non-hydrogen) atoms.